The number of benzene rings is 3. The lowest BCUT2D eigenvalue weighted by Gasteiger charge is -2.27. The van der Waals surface area contributed by atoms with Gasteiger partial charge in [0.2, 0.25) is 0 Å². The second-order valence-electron chi connectivity index (χ2n) is 8.65. The van der Waals surface area contributed by atoms with Crippen LogP contribution >= 0.6 is 0 Å². The van der Waals surface area contributed by atoms with Gasteiger partial charge in [-0.1, -0.05) is 24.3 Å². The van der Waals surface area contributed by atoms with E-state index in [2.05, 4.69) is 0 Å². The number of aliphatic hydroxyl groups excluding tert-OH is 1. The Morgan fingerprint density at radius 1 is 0.971 bits per heavy atom. The van der Waals surface area contributed by atoms with Crippen LogP contribution in [0.1, 0.15) is 40.8 Å². The zero-order valence-corrected chi connectivity index (χ0v) is 20.6. The summed E-state index contributed by atoms with van der Waals surface area (Å²) < 4.78 is 11.0. The SMILES string of the molecule is CCOc1ccc(/C(O)=C2/C(=O)C(=O)N(c3cc(C)ccc3C)C2c2cccc(OC)c2)cc1C. The van der Waals surface area contributed by atoms with Crippen molar-refractivity contribution in [2.45, 2.75) is 33.7 Å². The summed E-state index contributed by atoms with van der Waals surface area (Å²) in [5.74, 6) is -0.358. The zero-order chi connectivity index (χ0) is 25.3. The molecule has 35 heavy (non-hydrogen) atoms. The normalized spacial score (nSPS) is 17.1. The van der Waals surface area contributed by atoms with Crippen LogP contribution in [0, 0.1) is 20.8 Å². The summed E-state index contributed by atoms with van der Waals surface area (Å²) in [5, 5.41) is 11.4. The van der Waals surface area contributed by atoms with Gasteiger partial charge >= 0.3 is 0 Å². The topological polar surface area (TPSA) is 76.1 Å². The Labute approximate surface area is 205 Å². The third-order valence-corrected chi connectivity index (χ3v) is 6.23. The van der Waals surface area contributed by atoms with Gasteiger partial charge in [0.25, 0.3) is 11.7 Å². The highest BCUT2D eigenvalue weighted by Gasteiger charge is 2.47. The first kappa shape index (κ1) is 24.1. The van der Waals surface area contributed by atoms with E-state index in [-0.39, 0.29) is 11.3 Å². The molecule has 3 aromatic carbocycles. The number of anilines is 1. The minimum atomic E-state index is -0.822. The smallest absolute Gasteiger partial charge is 0.300 e. The maximum Gasteiger partial charge on any atom is 0.300 e. The molecular weight excluding hydrogens is 442 g/mol. The predicted molar refractivity (Wildman–Crippen MR) is 136 cm³/mol. The van der Waals surface area contributed by atoms with Crippen LogP contribution < -0.4 is 14.4 Å². The first-order valence-electron chi connectivity index (χ1n) is 11.5. The van der Waals surface area contributed by atoms with Crippen LogP contribution in [0.15, 0.2) is 66.2 Å². The van der Waals surface area contributed by atoms with Gasteiger partial charge in [-0.2, -0.15) is 0 Å². The lowest BCUT2D eigenvalue weighted by atomic mass is 9.94. The van der Waals surface area contributed by atoms with Gasteiger partial charge in [0, 0.05) is 11.3 Å². The first-order valence-corrected chi connectivity index (χ1v) is 11.5. The largest absolute Gasteiger partial charge is 0.507 e. The van der Waals surface area contributed by atoms with Crippen LogP contribution in [0.2, 0.25) is 0 Å². The lowest BCUT2D eigenvalue weighted by molar-refractivity contribution is -0.132. The first-order chi connectivity index (χ1) is 16.8. The van der Waals surface area contributed by atoms with Gasteiger partial charge in [-0.05, 0) is 86.3 Å². The molecule has 1 N–H and O–H groups in total. The van der Waals surface area contributed by atoms with Gasteiger partial charge in [-0.3, -0.25) is 14.5 Å². The number of hydrogen-bond donors (Lipinski definition) is 1. The Hall–Kier alpha value is -4.06. The monoisotopic (exact) mass is 471 g/mol. The minimum absolute atomic E-state index is 0.0349. The van der Waals surface area contributed by atoms with Crippen LogP contribution in [-0.4, -0.2) is 30.5 Å². The number of methoxy groups -OCH3 is 1. The molecule has 0 aromatic heterocycles. The summed E-state index contributed by atoms with van der Waals surface area (Å²) in [6.07, 6.45) is 0. The number of ether oxygens (including phenoxy) is 2. The van der Waals surface area contributed by atoms with E-state index in [1.807, 2.05) is 52.0 Å². The Bertz CT molecular complexity index is 1340. The fraction of sp³-hybridized carbons (Fsp3) is 0.241. The van der Waals surface area contributed by atoms with E-state index in [1.165, 1.54) is 4.90 Å². The molecule has 4 rings (SSSR count). The van der Waals surface area contributed by atoms with Crippen molar-refractivity contribution >= 4 is 23.1 Å². The molecule has 3 aromatic rings. The van der Waals surface area contributed by atoms with Crippen LogP contribution in [0.3, 0.4) is 0 Å². The molecule has 1 fully saturated rings. The number of aliphatic hydroxyl groups is 1. The molecule has 0 saturated carbocycles. The molecule has 180 valence electrons. The third-order valence-electron chi connectivity index (χ3n) is 6.23. The molecule has 1 atom stereocenters. The molecule has 0 radical (unpaired) electrons. The van der Waals surface area contributed by atoms with Gasteiger partial charge < -0.3 is 14.6 Å². The van der Waals surface area contributed by atoms with E-state index >= 15 is 0 Å². The molecule has 0 aliphatic carbocycles. The Kier molecular flexibility index (Phi) is 6.65. The molecule has 1 aliphatic rings. The number of hydrogen-bond acceptors (Lipinski definition) is 5. The standard InChI is InChI=1S/C29H29NO5/c1-6-35-24-13-12-21(15-19(24)4)27(31)25-26(20-8-7-9-22(16-20)34-5)30(29(33)28(25)32)23-14-17(2)10-11-18(23)3/h7-16,26,31H,6H2,1-5H3/b27-25-. The quantitative estimate of drug-likeness (QED) is 0.286. The average Bonchev–Trinajstić information content (AvgIpc) is 3.11. The molecule has 0 spiro atoms. The van der Waals surface area contributed by atoms with E-state index in [0.717, 1.165) is 16.7 Å². The van der Waals surface area contributed by atoms with Gasteiger partial charge in [-0.25, -0.2) is 0 Å². The van der Waals surface area contributed by atoms with Gasteiger partial charge in [0.15, 0.2) is 0 Å². The number of rotatable bonds is 6. The lowest BCUT2D eigenvalue weighted by Crippen LogP contribution is -2.30. The maximum atomic E-state index is 13.4. The van der Waals surface area contributed by atoms with Crippen molar-refractivity contribution in [1.29, 1.82) is 0 Å². The molecule has 1 aliphatic heterocycles. The highest BCUT2D eigenvalue weighted by molar-refractivity contribution is 6.51. The molecular formula is C29H29NO5. The number of aryl methyl sites for hydroxylation is 3. The molecule has 0 bridgehead atoms. The molecule has 6 heteroatoms. The number of amides is 1. The second kappa shape index (κ2) is 9.66. The van der Waals surface area contributed by atoms with Crippen molar-refractivity contribution in [3.8, 4) is 11.5 Å². The predicted octanol–water partition coefficient (Wildman–Crippen LogP) is 5.65. The van der Waals surface area contributed by atoms with Crippen molar-refractivity contribution < 1.29 is 24.2 Å². The molecule has 1 heterocycles. The summed E-state index contributed by atoms with van der Waals surface area (Å²) in [5.41, 5.74) is 4.39. The summed E-state index contributed by atoms with van der Waals surface area (Å²) in [6, 6.07) is 17.4. The molecule has 1 amide bonds. The van der Waals surface area contributed by atoms with Crippen LogP contribution in [0.5, 0.6) is 11.5 Å². The van der Waals surface area contributed by atoms with Gasteiger partial charge in [0.1, 0.15) is 17.3 Å². The number of carbonyl (C=O) groups excluding carboxylic acids is 2. The highest BCUT2D eigenvalue weighted by atomic mass is 16.5. The van der Waals surface area contributed by atoms with Crippen molar-refractivity contribution in [2.24, 2.45) is 0 Å². The van der Waals surface area contributed by atoms with E-state index in [1.54, 1.807) is 43.5 Å². The van der Waals surface area contributed by atoms with Crippen molar-refractivity contribution in [3.63, 3.8) is 0 Å². The molecule has 1 unspecified atom stereocenters. The van der Waals surface area contributed by atoms with Gasteiger partial charge in [-0.15, -0.1) is 0 Å². The van der Waals surface area contributed by atoms with E-state index in [0.29, 0.717) is 34.9 Å². The summed E-state index contributed by atoms with van der Waals surface area (Å²) in [6.45, 7) is 8.12. The van der Waals surface area contributed by atoms with Crippen molar-refractivity contribution in [3.05, 3.63) is 94.1 Å². The van der Waals surface area contributed by atoms with Crippen molar-refractivity contribution in [1.82, 2.24) is 0 Å². The van der Waals surface area contributed by atoms with E-state index in [4.69, 9.17) is 9.47 Å². The van der Waals surface area contributed by atoms with Gasteiger partial charge in [0.05, 0.1) is 25.3 Å². The highest BCUT2D eigenvalue weighted by Crippen LogP contribution is 2.44. The fourth-order valence-corrected chi connectivity index (χ4v) is 4.46. The maximum absolute atomic E-state index is 13.4. The van der Waals surface area contributed by atoms with E-state index in [9.17, 15) is 14.7 Å². The number of nitrogens with zero attached hydrogens (tertiary/aromatic N) is 1. The summed E-state index contributed by atoms with van der Waals surface area (Å²) in [7, 11) is 1.56. The summed E-state index contributed by atoms with van der Waals surface area (Å²) in [4.78, 5) is 28.3. The van der Waals surface area contributed by atoms with E-state index < -0.39 is 17.7 Å². The average molecular weight is 472 g/mol. The molecule has 1 saturated heterocycles. The summed E-state index contributed by atoms with van der Waals surface area (Å²) >= 11 is 0. The van der Waals surface area contributed by atoms with Crippen molar-refractivity contribution in [2.75, 3.05) is 18.6 Å². The number of Topliss-reactive ketones (excluding diaryl/α,β-unsaturated/α-hetero) is 1. The fourth-order valence-electron chi connectivity index (χ4n) is 4.46. The Balaban J connectivity index is 1.96. The molecule has 6 nitrogen and oxygen atoms in total. The number of carbonyl (C=O) groups is 2. The Morgan fingerprint density at radius 3 is 2.43 bits per heavy atom. The second-order valence-corrected chi connectivity index (χ2v) is 8.65. The zero-order valence-electron chi connectivity index (χ0n) is 20.6. The Morgan fingerprint density at radius 2 is 1.74 bits per heavy atom. The van der Waals surface area contributed by atoms with Crippen LogP contribution in [-0.2, 0) is 9.59 Å². The van der Waals surface area contributed by atoms with Crippen LogP contribution in [0.4, 0.5) is 5.69 Å². The minimum Gasteiger partial charge on any atom is -0.507 e. The number of ketones is 1. The van der Waals surface area contributed by atoms with Crippen LogP contribution in [0.25, 0.3) is 5.76 Å². The third kappa shape index (κ3) is 4.39.